The van der Waals surface area contributed by atoms with Gasteiger partial charge in [0, 0.05) is 18.9 Å². The Morgan fingerprint density at radius 2 is 2.07 bits per heavy atom. The standard InChI is InChI=1S/C12H14ClO/c1-14-12-10(7-8-13)11(12)9-5-3-2-4-6-9/h2-7,10-12H,8H2,1H3/t10-,11-,12+/m0/s1. The summed E-state index contributed by atoms with van der Waals surface area (Å²) in [6.45, 7) is 0. The monoisotopic (exact) mass is 209 g/mol. The summed E-state index contributed by atoms with van der Waals surface area (Å²) in [5.74, 6) is 1.62. The summed E-state index contributed by atoms with van der Waals surface area (Å²) in [5.41, 5.74) is 1.35. The Morgan fingerprint density at radius 1 is 1.36 bits per heavy atom. The molecular formula is C12H14ClO. The molecule has 0 unspecified atom stereocenters. The van der Waals surface area contributed by atoms with Gasteiger partial charge in [0.1, 0.15) is 0 Å². The smallest absolute Gasteiger partial charge is 0.0681 e. The molecule has 1 aliphatic rings. The molecule has 1 nitrogen and oxygen atoms in total. The van der Waals surface area contributed by atoms with E-state index in [1.807, 2.05) is 6.07 Å². The number of rotatable bonds is 4. The van der Waals surface area contributed by atoms with Gasteiger partial charge in [0.15, 0.2) is 0 Å². The number of halogens is 1. The van der Waals surface area contributed by atoms with Gasteiger partial charge < -0.3 is 4.74 Å². The Hall–Kier alpha value is -0.530. The van der Waals surface area contributed by atoms with Crippen molar-refractivity contribution in [1.29, 1.82) is 0 Å². The van der Waals surface area contributed by atoms with E-state index in [4.69, 9.17) is 16.3 Å². The lowest BCUT2D eigenvalue weighted by atomic mass is 10.1. The highest BCUT2D eigenvalue weighted by Crippen LogP contribution is 2.51. The predicted molar refractivity (Wildman–Crippen MR) is 58.5 cm³/mol. The molecule has 1 radical (unpaired) electrons. The van der Waals surface area contributed by atoms with Gasteiger partial charge in [-0.2, -0.15) is 0 Å². The number of hydrogen-bond acceptors (Lipinski definition) is 1. The highest BCUT2D eigenvalue weighted by molar-refractivity contribution is 6.18. The van der Waals surface area contributed by atoms with Crippen LogP contribution in [0.15, 0.2) is 30.3 Å². The van der Waals surface area contributed by atoms with Crippen LogP contribution in [0.3, 0.4) is 0 Å². The fraction of sp³-hybridized carbons (Fsp3) is 0.417. The van der Waals surface area contributed by atoms with Gasteiger partial charge in [0.25, 0.3) is 0 Å². The Bertz CT molecular complexity index is 286. The van der Waals surface area contributed by atoms with E-state index >= 15 is 0 Å². The summed E-state index contributed by atoms with van der Waals surface area (Å²) in [6, 6.07) is 10.5. The third-order valence-electron chi connectivity index (χ3n) is 2.82. The van der Waals surface area contributed by atoms with Crippen molar-refractivity contribution >= 4 is 11.6 Å². The molecular weight excluding hydrogens is 196 g/mol. The zero-order chi connectivity index (χ0) is 9.97. The zero-order valence-electron chi connectivity index (χ0n) is 8.19. The summed E-state index contributed by atoms with van der Waals surface area (Å²) in [4.78, 5) is 0. The lowest BCUT2D eigenvalue weighted by Gasteiger charge is -1.97. The molecule has 75 valence electrons. The van der Waals surface area contributed by atoms with Crippen LogP contribution >= 0.6 is 11.6 Å². The molecule has 0 bridgehead atoms. The molecule has 0 aromatic heterocycles. The first kappa shape index (κ1) is 10.0. The van der Waals surface area contributed by atoms with Crippen molar-refractivity contribution in [1.82, 2.24) is 0 Å². The summed E-state index contributed by atoms with van der Waals surface area (Å²) in [5, 5.41) is 0. The van der Waals surface area contributed by atoms with Gasteiger partial charge in [-0.05, 0) is 17.9 Å². The van der Waals surface area contributed by atoms with Gasteiger partial charge in [-0.25, -0.2) is 0 Å². The number of ether oxygens (including phenoxy) is 1. The summed E-state index contributed by atoms with van der Waals surface area (Å²) in [7, 11) is 1.77. The first-order valence-electron chi connectivity index (χ1n) is 4.85. The molecule has 3 atom stereocenters. The van der Waals surface area contributed by atoms with Crippen LogP contribution in [0.1, 0.15) is 11.5 Å². The number of alkyl halides is 1. The molecule has 0 aliphatic heterocycles. The molecule has 1 fully saturated rings. The van der Waals surface area contributed by atoms with Crippen molar-refractivity contribution < 1.29 is 4.74 Å². The van der Waals surface area contributed by atoms with E-state index in [1.165, 1.54) is 5.56 Å². The van der Waals surface area contributed by atoms with Crippen molar-refractivity contribution in [3.05, 3.63) is 42.3 Å². The van der Waals surface area contributed by atoms with E-state index in [0.29, 0.717) is 23.8 Å². The molecule has 1 aliphatic carbocycles. The second-order valence-corrected chi connectivity index (χ2v) is 3.91. The van der Waals surface area contributed by atoms with E-state index in [-0.39, 0.29) is 0 Å². The van der Waals surface area contributed by atoms with Gasteiger partial charge in [-0.1, -0.05) is 30.3 Å². The van der Waals surface area contributed by atoms with Gasteiger partial charge in [0.2, 0.25) is 0 Å². The molecule has 1 aromatic rings. The molecule has 0 N–H and O–H groups in total. The molecule has 1 aromatic carbocycles. The lowest BCUT2D eigenvalue weighted by Crippen LogP contribution is -1.92. The van der Waals surface area contributed by atoms with E-state index in [0.717, 1.165) is 0 Å². The molecule has 0 saturated heterocycles. The molecule has 2 heteroatoms. The van der Waals surface area contributed by atoms with Crippen LogP contribution in [0.2, 0.25) is 0 Å². The first-order valence-corrected chi connectivity index (χ1v) is 5.39. The highest BCUT2D eigenvalue weighted by atomic mass is 35.5. The van der Waals surface area contributed by atoms with Crippen LogP contribution in [-0.4, -0.2) is 19.1 Å². The van der Waals surface area contributed by atoms with Crippen LogP contribution in [0.4, 0.5) is 0 Å². The maximum Gasteiger partial charge on any atom is 0.0681 e. The highest BCUT2D eigenvalue weighted by Gasteiger charge is 2.50. The number of hydrogen-bond donors (Lipinski definition) is 0. The third kappa shape index (κ3) is 1.79. The summed E-state index contributed by atoms with van der Waals surface area (Å²) in [6.07, 6.45) is 2.46. The maximum atomic E-state index is 5.70. The maximum absolute atomic E-state index is 5.70. The average Bonchev–Trinajstić information content (AvgIpc) is 2.93. The topological polar surface area (TPSA) is 9.23 Å². The van der Waals surface area contributed by atoms with E-state index < -0.39 is 0 Å². The van der Waals surface area contributed by atoms with Crippen molar-refractivity contribution in [2.24, 2.45) is 5.92 Å². The Labute approximate surface area is 90.0 Å². The Morgan fingerprint density at radius 3 is 2.64 bits per heavy atom. The number of methoxy groups -OCH3 is 1. The van der Waals surface area contributed by atoms with Crippen molar-refractivity contribution in [2.45, 2.75) is 12.0 Å². The van der Waals surface area contributed by atoms with Crippen LogP contribution in [-0.2, 0) is 4.74 Å². The van der Waals surface area contributed by atoms with Crippen LogP contribution in [0, 0.1) is 12.3 Å². The van der Waals surface area contributed by atoms with Crippen molar-refractivity contribution in [3.63, 3.8) is 0 Å². The molecule has 1 saturated carbocycles. The van der Waals surface area contributed by atoms with Crippen LogP contribution < -0.4 is 0 Å². The van der Waals surface area contributed by atoms with Crippen LogP contribution in [0.25, 0.3) is 0 Å². The van der Waals surface area contributed by atoms with E-state index in [2.05, 4.69) is 30.7 Å². The van der Waals surface area contributed by atoms with E-state index in [9.17, 15) is 0 Å². The third-order valence-corrected chi connectivity index (χ3v) is 3.00. The minimum absolute atomic E-state index is 0.330. The first-order chi connectivity index (χ1) is 6.88. The Kier molecular flexibility index (Phi) is 3.09. The largest absolute Gasteiger partial charge is 0.380 e. The van der Waals surface area contributed by atoms with Gasteiger partial charge >= 0.3 is 0 Å². The predicted octanol–water partition coefficient (Wildman–Crippen LogP) is 2.86. The van der Waals surface area contributed by atoms with Crippen molar-refractivity contribution in [3.8, 4) is 0 Å². The summed E-state index contributed by atoms with van der Waals surface area (Å²) >= 11 is 5.70. The zero-order valence-corrected chi connectivity index (χ0v) is 8.95. The Balaban J connectivity index is 2.06. The molecule has 2 rings (SSSR count). The second-order valence-electron chi connectivity index (χ2n) is 3.60. The SMILES string of the molecule is CO[C@@H]1[C@@H]([CH]CCl)[C@@H]1c1ccccc1. The van der Waals surface area contributed by atoms with Gasteiger partial charge in [0.05, 0.1) is 6.10 Å². The lowest BCUT2D eigenvalue weighted by molar-refractivity contribution is 0.169. The minimum atomic E-state index is 0.330. The van der Waals surface area contributed by atoms with Crippen molar-refractivity contribution in [2.75, 3.05) is 13.0 Å². The number of benzene rings is 1. The minimum Gasteiger partial charge on any atom is -0.380 e. The fourth-order valence-electron chi connectivity index (χ4n) is 2.08. The molecule has 0 amide bonds. The molecule has 0 heterocycles. The molecule has 0 spiro atoms. The second kappa shape index (κ2) is 4.33. The summed E-state index contributed by atoms with van der Waals surface area (Å²) < 4.78 is 5.40. The van der Waals surface area contributed by atoms with Gasteiger partial charge in [-0.15, -0.1) is 11.6 Å². The van der Waals surface area contributed by atoms with Crippen LogP contribution in [0.5, 0.6) is 0 Å². The normalized spacial score (nSPS) is 30.3. The van der Waals surface area contributed by atoms with E-state index in [1.54, 1.807) is 7.11 Å². The average molecular weight is 210 g/mol. The van der Waals surface area contributed by atoms with Gasteiger partial charge in [-0.3, -0.25) is 0 Å². The fourth-order valence-corrected chi connectivity index (χ4v) is 2.29. The quantitative estimate of drug-likeness (QED) is 0.693. The molecule has 14 heavy (non-hydrogen) atoms.